The molecule has 3 aliphatic heterocycles. The van der Waals surface area contributed by atoms with E-state index in [1.807, 2.05) is 30.3 Å². The molecule has 66 heavy (non-hydrogen) atoms. The van der Waals surface area contributed by atoms with Gasteiger partial charge < -0.3 is 83.6 Å². The number of hydrogen-bond acceptors (Lipinski definition) is 23. The van der Waals surface area contributed by atoms with Crippen LogP contribution in [0.1, 0.15) is 45.5 Å². The van der Waals surface area contributed by atoms with Gasteiger partial charge in [-0.25, -0.2) is 33.7 Å². The molecule has 3 aliphatic rings. The molecule has 0 spiro atoms. The van der Waals surface area contributed by atoms with Gasteiger partial charge in [-0.2, -0.15) is 0 Å². The Morgan fingerprint density at radius 3 is 1.58 bits per heavy atom. The van der Waals surface area contributed by atoms with Crippen LogP contribution in [-0.2, 0) is 71.2 Å². The van der Waals surface area contributed by atoms with E-state index >= 15 is 0 Å². The second-order valence-electron chi connectivity index (χ2n) is 13.8. The van der Waals surface area contributed by atoms with E-state index in [1.54, 1.807) is 7.11 Å². The largest absolute Gasteiger partial charge is 0.480 e. The summed E-state index contributed by atoms with van der Waals surface area (Å²) in [7, 11) is 4.58. The molecular formula is C38H54N8O20. The van der Waals surface area contributed by atoms with E-state index in [1.165, 1.54) is 25.2 Å². The average molecular weight is 943 g/mol. The smallest absolute Gasteiger partial charge is 0.332 e. The number of aromatic nitrogens is 6. The van der Waals surface area contributed by atoms with Crippen molar-refractivity contribution in [3.63, 3.8) is 0 Å². The summed E-state index contributed by atoms with van der Waals surface area (Å²) in [5.74, 6) is -4.15. The summed E-state index contributed by atoms with van der Waals surface area (Å²) < 4.78 is 65.3. The lowest BCUT2D eigenvalue weighted by molar-refractivity contribution is -0.170. The van der Waals surface area contributed by atoms with Crippen LogP contribution in [0.15, 0.2) is 43.0 Å². The fraction of sp³-hybridized carbons (Fsp3) is 0.605. The number of aliphatic hydroxyl groups excluding tert-OH is 2. The highest BCUT2D eigenvalue weighted by molar-refractivity contribution is 5.88. The van der Waals surface area contributed by atoms with E-state index < -0.39 is 85.1 Å². The Bertz CT molecular complexity index is 1960. The van der Waals surface area contributed by atoms with E-state index in [-0.39, 0.29) is 57.9 Å². The molecule has 2 aromatic heterocycles. The third-order valence-corrected chi connectivity index (χ3v) is 9.01. The van der Waals surface area contributed by atoms with Gasteiger partial charge in [-0.15, -0.1) is 10.2 Å². The lowest BCUT2D eigenvalue weighted by Gasteiger charge is -2.20. The third kappa shape index (κ3) is 16.4. The lowest BCUT2D eigenvalue weighted by atomic mass is 10.1. The van der Waals surface area contributed by atoms with Crippen LogP contribution in [0.4, 0.5) is 0 Å². The van der Waals surface area contributed by atoms with Crippen LogP contribution in [0.5, 0.6) is 0 Å². The molecule has 3 saturated heterocycles. The summed E-state index contributed by atoms with van der Waals surface area (Å²) in [5.41, 5.74) is 11.1. The van der Waals surface area contributed by atoms with Gasteiger partial charge in [0.05, 0.1) is 39.6 Å². The van der Waals surface area contributed by atoms with E-state index in [0.29, 0.717) is 26.4 Å². The molecule has 366 valence electrons. The molecule has 1 aromatic carbocycles. The number of carboxylic acid groups (broad SMARTS) is 1. The van der Waals surface area contributed by atoms with Gasteiger partial charge in [0.2, 0.25) is 11.6 Å². The topological polar surface area (TPSA) is 370 Å². The van der Waals surface area contributed by atoms with E-state index in [9.17, 15) is 34.2 Å². The van der Waals surface area contributed by atoms with Crippen LogP contribution in [0.25, 0.3) is 0 Å². The monoisotopic (exact) mass is 942 g/mol. The van der Waals surface area contributed by atoms with Crippen LogP contribution in [0.3, 0.4) is 0 Å². The van der Waals surface area contributed by atoms with Gasteiger partial charge in [0.1, 0.15) is 82.3 Å². The molecule has 9 atom stereocenters. The Kier molecular flexibility index (Phi) is 22.3. The van der Waals surface area contributed by atoms with Gasteiger partial charge in [-0.3, -0.25) is 9.59 Å². The molecule has 0 radical (unpaired) electrons. The zero-order valence-corrected chi connectivity index (χ0v) is 36.1. The number of carbonyl (C=O) groups excluding carboxylic acids is 4. The standard InChI is InChI=1S/C20H24N4O8.C13H20N4O8.C5H10O4/c1-27-7-8-28-10-14(25)29-9-13-15-16(32-20(31-15)12-5-3-2-4-6-12)19(30-13)24-11-22-18(23-24)17(21)26;1-22-2-3-23-5-8(18)24-4-7-9(19)10(20)13(25-7)17-6-15-12(16-17)11(14)21;1-8-2-3-9-4-5(6)7/h2-6,11,13,15-16,19-20H,7-10H2,1H3,(H2,21,26);6-7,9-10,13,19-20H,2-5H2,1H3,(H2,14,21);2-4H2,1H3,(H,6,7)/t13-,15?,16?,19-,20?;7-,9-,10-,13-;/m11./s1. The Morgan fingerprint density at radius 2 is 1.09 bits per heavy atom. The maximum atomic E-state index is 12.0. The zero-order valence-electron chi connectivity index (χ0n) is 36.1. The SMILES string of the molecule is COCCOCC(=O)O.COCCOCC(=O)OC[C@H]1O[C@@H](n2cnc(C(N)=O)n2)C2OC(c3ccccc3)OC21.COCCOCC(=O)OC[C@H]1O[C@@H](n2cnc(C(N)=O)n2)[C@H](O)[C@@H]1O. The minimum Gasteiger partial charge on any atom is -0.480 e. The number of benzene rings is 1. The maximum Gasteiger partial charge on any atom is 0.332 e. The Morgan fingerprint density at radius 1 is 0.621 bits per heavy atom. The van der Waals surface area contributed by atoms with Crippen LogP contribution in [0.2, 0.25) is 0 Å². The predicted octanol–water partition coefficient (Wildman–Crippen LogP) is -3.10. The Balaban J connectivity index is 0.000000249. The molecule has 0 saturated carbocycles. The summed E-state index contributed by atoms with van der Waals surface area (Å²) >= 11 is 0. The minimum atomic E-state index is -1.36. The predicted molar refractivity (Wildman–Crippen MR) is 213 cm³/mol. The molecular weight excluding hydrogens is 888 g/mol. The molecule has 3 fully saturated rings. The number of methoxy groups -OCH3 is 3. The molecule has 3 aromatic rings. The highest BCUT2D eigenvalue weighted by Gasteiger charge is 2.54. The van der Waals surface area contributed by atoms with Crippen LogP contribution in [-0.4, -0.2) is 205 Å². The number of primary amides is 2. The highest BCUT2D eigenvalue weighted by atomic mass is 16.8. The minimum absolute atomic E-state index is 0.0770. The first-order valence-electron chi connectivity index (χ1n) is 20.0. The molecule has 0 aliphatic carbocycles. The number of carboxylic acids is 1. The average Bonchev–Trinajstić information content (AvgIpc) is 4.16. The van der Waals surface area contributed by atoms with Crippen molar-refractivity contribution in [1.29, 1.82) is 0 Å². The molecule has 2 amide bonds. The van der Waals surface area contributed by atoms with Gasteiger partial charge in [0, 0.05) is 26.9 Å². The van der Waals surface area contributed by atoms with Crippen molar-refractivity contribution in [2.45, 2.75) is 55.4 Å². The molecule has 28 heteroatoms. The van der Waals surface area contributed by atoms with Crippen LogP contribution >= 0.6 is 0 Å². The number of rotatable bonds is 24. The second kappa shape index (κ2) is 27.8. The van der Waals surface area contributed by atoms with Crippen LogP contribution < -0.4 is 11.5 Å². The van der Waals surface area contributed by atoms with Gasteiger partial charge >= 0.3 is 17.9 Å². The number of ether oxygens (including phenoxy) is 12. The summed E-state index contributed by atoms with van der Waals surface area (Å²) in [6.07, 6.45) is -5.44. The first-order chi connectivity index (χ1) is 31.8. The number of esters is 2. The van der Waals surface area contributed by atoms with Crippen molar-refractivity contribution in [1.82, 2.24) is 29.5 Å². The van der Waals surface area contributed by atoms with E-state index in [2.05, 4.69) is 29.6 Å². The summed E-state index contributed by atoms with van der Waals surface area (Å²) in [4.78, 5) is 63.2. The van der Waals surface area contributed by atoms with Crippen molar-refractivity contribution in [2.75, 3.05) is 94.0 Å². The van der Waals surface area contributed by atoms with Crippen molar-refractivity contribution >= 4 is 29.7 Å². The number of carbonyl (C=O) groups is 5. The van der Waals surface area contributed by atoms with E-state index in [0.717, 1.165) is 16.6 Å². The number of hydrogen-bond donors (Lipinski definition) is 5. The Hall–Kier alpha value is -5.63. The first kappa shape index (κ1) is 53.0. The van der Waals surface area contributed by atoms with Crippen molar-refractivity contribution < 1.29 is 96.1 Å². The Labute approximate surface area is 376 Å². The normalized spacial score (nSPS) is 24.0. The number of aliphatic carboxylic acids is 1. The molecule has 3 unspecified atom stereocenters. The summed E-state index contributed by atoms with van der Waals surface area (Å²) in [6, 6.07) is 9.42. The van der Waals surface area contributed by atoms with Crippen LogP contribution in [0, 0.1) is 0 Å². The van der Waals surface area contributed by atoms with Gasteiger partial charge in [-0.1, -0.05) is 30.3 Å². The highest BCUT2D eigenvalue weighted by Crippen LogP contribution is 2.44. The summed E-state index contributed by atoms with van der Waals surface area (Å²) in [6.45, 7) is 0.917. The second-order valence-corrected chi connectivity index (χ2v) is 13.8. The quantitative estimate of drug-likeness (QED) is 0.0438. The number of nitrogens with two attached hydrogens (primary N) is 2. The van der Waals surface area contributed by atoms with Gasteiger partial charge in [0.15, 0.2) is 18.7 Å². The van der Waals surface area contributed by atoms with Crippen molar-refractivity contribution in [3.8, 4) is 0 Å². The number of fused-ring (bicyclic) bond motifs is 1. The lowest BCUT2D eigenvalue weighted by Crippen LogP contribution is -2.34. The number of nitrogens with zero attached hydrogens (tertiary/aromatic N) is 6. The van der Waals surface area contributed by atoms with Crippen molar-refractivity contribution in [3.05, 3.63) is 60.2 Å². The van der Waals surface area contributed by atoms with Gasteiger partial charge in [-0.05, 0) is 0 Å². The fourth-order valence-corrected chi connectivity index (χ4v) is 5.89. The summed E-state index contributed by atoms with van der Waals surface area (Å²) in [5, 5.41) is 35.9. The molecule has 28 nitrogen and oxygen atoms in total. The van der Waals surface area contributed by atoms with E-state index in [4.69, 9.17) is 63.9 Å². The molecule has 7 N–H and O–H groups in total. The third-order valence-electron chi connectivity index (χ3n) is 9.01. The van der Waals surface area contributed by atoms with Gasteiger partial charge in [0.25, 0.3) is 11.8 Å². The molecule has 0 bridgehead atoms. The first-order valence-corrected chi connectivity index (χ1v) is 20.0. The maximum absolute atomic E-state index is 12.0. The molecule has 6 rings (SSSR count). The number of aliphatic hydroxyl groups is 2. The number of amides is 2. The zero-order chi connectivity index (χ0) is 48.0. The van der Waals surface area contributed by atoms with Crippen molar-refractivity contribution in [2.24, 2.45) is 11.5 Å². The molecule has 5 heterocycles. The fourth-order valence-electron chi connectivity index (χ4n) is 5.89.